The summed E-state index contributed by atoms with van der Waals surface area (Å²) in [5.74, 6) is -0.331. The molecular weight excluding hydrogens is 693 g/mol. The summed E-state index contributed by atoms with van der Waals surface area (Å²) in [6, 6.07) is 9.25. The number of hydrogen-bond donors (Lipinski definition) is 5. The van der Waals surface area contributed by atoms with Crippen molar-refractivity contribution in [2.45, 2.75) is 75.7 Å². The third kappa shape index (κ3) is 9.60. The topological polar surface area (TPSA) is 179 Å². The lowest BCUT2D eigenvalue weighted by Crippen LogP contribution is -2.28. The predicted molar refractivity (Wildman–Crippen MR) is 193 cm³/mol. The molecule has 270 valence electrons. The average Bonchev–Trinajstić information content (AvgIpc) is 3.47. The van der Waals surface area contributed by atoms with Crippen molar-refractivity contribution in [3.8, 4) is 22.5 Å². The Morgan fingerprint density at radius 2 is 1.19 bits per heavy atom. The number of anilines is 2. The zero-order valence-electron chi connectivity index (χ0n) is 28.0. The first kappa shape index (κ1) is 36.7. The van der Waals surface area contributed by atoms with E-state index in [9.17, 15) is 33.4 Å². The zero-order valence-corrected chi connectivity index (χ0v) is 28.8. The van der Waals surface area contributed by atoms with Crippen molar-refractivity contribution in [1.29, 1.82) is 0 Å². The first-order valence-corrected chi connectivity index (χ1v) is 17.8. The van der Waals surface area contributed by atoms with Crippen LogP contribution in [0.25, 0.3) is 28.6 Å². The van der Waals surface area contributed by atoms with Crippen LogP contribution < -0.4 is 16.0 Å². The molecule has 2 amide bonds. The van der Waals surface area contributed by atoms with Crippen molar-refractivity contribution in [1.82, 2.24) is 25.3 Å². The lowest BCUT2D eigenvalue weighted by Gasteiger charge is -2.26. The summed E-state index contributed by atoms with van der Waals surface area (Å²) >= 11 is 0.740. The number of nitrogens with zero attached hydrogens (tertiary/aromatic N) is 4. The van der Waals surface area contributed by atoms with Gasteiger partial charge in [0.15, 0.2) is 6.29 Å². The van der Waals surface area contributed by atoms with Crippen molar-refractivity contribution in [3.63, 3.8) is 0 Å². The standard InChI is InChI=1S/C20H19FN4O3S.C17H18FN3O2/c21-15-6-1-11(7-12(15)8-17-19(27)25-20(28)29-17)16-9-22-10-18(24-16)23-13-2-4-14(26)5-3-13;18-15-6-1-11(7-12(15)10-22)16-8-19-9-17(21-16)20-13-2-4-14(23)5-3-13/h1,6-10,13-14,26H,2-5H2,(H,23,24)(H,25,27,28);1,6-10,13-14,23H,2-5H2,(H,20,21)/b17-8-;. The highest BCUT2D eigenvalue weighted by Crippen LogP contribution is 2.29. The number of aliphatic hydroxyl groups excluding tert-OH is 2. The molecule has 1 saturated heterocycles. The van der Waals surface area contributed by atoms with Gasteiger partial charge in [0.25, 0.3) is 11.1 Å². The quantitative estimate of drug-likeness (QED) is 0.104. The van der Waals surface area contributed by atoms with E-state index >= 15 is 0 Å². The molecule has 3 heterocycles. The second kappa shape index (κ2) is 16.9. The fourth-order valence-electron chi connectivity index (χ4n) is 6.18. The van der Waals surface area contributed by atoms with Gasteiger partial charge in [-0.2, -0.15) is 0 Å². The minimum absolute atomic E-state index is 0.00364. The minimum Gasteiger partial charge on any atom is -0.393 e. The van der Waals surface area contributed by atoms with E-state index in [2.05, 4.69) is 35.9 Å². The summed E-state index contributed by atoms with van der Waals surface area (Å²) in [5, 5.41) is 27.5. The SMILES string of the molecule is O=C1NC(=O)/C(=C/c2cc(-c3cncc(NC4CCC(O)CC4)n3)ccc2F)S1.O=Cc1cc(-c2cncc(NC3CCC(O)CC3)n2)ccc1F. The van der Waals surface area contributed by atoms with Crippen LogP contribution in [0.3, 0.4) is 0 Å². The number of aldehydes is 1. The molecular formula is C37H37F2N7O5S. The minimum atomic E-state index is -0.549. The Morgan fingerprint density at radius 1 is 0.712 bits per heavy atom. The molecule has 0 radical (unpaired) electrons. The molecule has 2 saturated carbocycles. The van der Waals surface area contributed by atoms with Crippen LogP contribution in [0, 0.1) is 11.6 Å². The van der Waals surface area contributed by atoms with Gasteiger partial charge in [-0.05, 0) is 106 Å². The number of aromatic nitrogens is 4. The van der Waals surface area contributed by atoms with E-state index in [1.165, 1.54) is 24.3 Å². The monoisotopic (exact) mass is 729 g/mol. The molecule has 7 rings (SSSR count). The summed E-state index contributed by atoms with van der Waals surface area (Å²) in [5.41, 5.74) is 2.62. The Kier molecular flexibility index (Phi) is 11.9. The van der Waals surface area contributed by atoms with Gasteiger partial charge in [-0.25, -0.2) is 18.7 Å². The smallest absolute Gasteiger partial charge is 0.290 e. The van der Waals surface area contributed by atoms with Gasteiger partial charge in [-0.15, -0.1) is 0 Å². The number of benzene rings is 2. The molecule has 3 fully saturated rings. The maximum Gasteiger partial charge on any atom is 0.290 e. The molecule has 15 heteroatoms. The van der Waals surface area contributed by atoms with E-state index < -0.39 is 22.8 Å². The fraction of sp³-hybridized carbons (Fsp3) is 0.324. The highest BCUT2D eigenvalue weighted by Gasteiger charge is 2.26. The van der Waals surface area contributed by atoms with Crippen LogP contribution in [-0.4, -0.2) is 71.9 Å². The number of halogens is 2. The molecule has 52 heavy (non-hydrogen) atoms. The van der Waals surface area contributed by atoms with E-state index in [0.717, 1.165) is 63.1 Å². The van der Waals surface area contributed by atoms with Gasteiger partial charge < -0.3 is 20.8 Å². The lowest BCUT2D eigenvalue weighted by molar-refractivity contribution is -0.115. The summed E-state index contributed by atoms with van der Waals surface area (Å²) in [6.45, 7) is 0. The lowest BCUT2D eigenvalue weighted by atomic mass is 9.93. The Hall–Kier alpha value is -5.12. The fourth-order valence-corrected chi connectivity index (χ4v) is 6.85. The number of rotatable bonds is 8. The first-order valence-electron chi connectivity index (χ1n) is 17.0. The molecule has 0 bridgehead atoms. The Balaban J connectivity index is 0.000000183. The van der Waals surface area contributed by atoms with Crippen LogP contribution in [0.2, 0.25) is 0 Å². The number of hydrogen-bond acceptors (Lipinski definition) is 12. The molecule has 0 atom stereocenters. The first-order chi connectivity index (χ1) is 25.1. The molecule has 1 aliphatic heterocycles. The van der Waals surface area contributed by atoms with Crippen molar-refractivity contribution in [3.05, 3.63) is 88.9 Å². The summed E-state index contributed by atoms with van der Waals surface area (Å²) in [7, 11) is 0. The molecule has 3 aliphatic rings. The number of nitrogens with one attached hydrogen (secondary N) is 3. The van der Waals surface area contributed by atoms with Gasteiger partial charge in [0, 0.05) is 28.8 Å². The van der Waals surface area contributed by atoms with Crippen LogP contribution >= 0.6 is 11.8 Å². The highest BCUT2D eigenvalue weighted by molar-refractivity contribution is 8.18. The van der Waals surface area contributed by atoms with Crippen LogP contribution in [0.15, 0.2) is 66.1 Å². The summed E-state index contributed by atoms with van der Waals surface area (Å²) in [6.07, 6.45) is 14.4. The molecule has 2 aromatic heterocycles. The molecule has 4 aromatic rings. The van der Waals surface area contributed by atoms with Crippen LogP contribution in [0.4, 0.5) is 25.2 Å². The molecule has 0 spiro atoms. The molecule has 12 nitrogen and oxygen atoms in total. The van der Waals surface area contributed by atoms with E-state index in [-0.39, 0.29) is 40.3 Å². The van der Waals surface area contributed by atoms with Gasteiger partial charge in [-0.3, -0.25) is 29.7 Å². The highest BCUT2D eigenvalue weighted by atomic mass is 32.2. The van der Waals surface area contributed by atoms with Crippen molar-refractivity contribution < 1.29 is 33.4 Å². The van der Waals surface area contributed by atoms with Crippen LogP contribution in [0.5, 0.6) is 0 Å². The predicted octanol–water partition coefficient (Wildman–Crippen LogP) is 6.13. The maximum atomic E-state index is 14.2. The molecule has 5 N–H and O–H groups in total. The van der Waals surface area contributed by atoms with Gasteiger partial charge in [0.05, 0.1) is 58.9 Å². The summed E-state index contributed by atoms with van der Waals surface area (Å²) < 4.78 is 27.6. The molecule has 2 aliphatic carbocycles. The average molecular weight is 730 g/mol. The maximum absolute atomic E-state index is 14.2. The zero-order chi connectivity index (χ0) is 36.6. The number of carbonyl (C=O) groups excluding carboxylic acids is 3. The number of thioether (sulfide) groups is 1. The second-order valence-corrected chi connectivity index (χ2v) is 13.8. The largest absolute Gasteiger partial charge is 0.393 e. The van der Waals surface area contributed by atoms with Gasteiger partial charge in [0.2, 0.25) is 0 Å². The van der Waals surface area contributed by atoms with Gasteiger partial charge in [-0.1, -0.05) is 0 Å². The van der Waals surface area contributed by atoms with Crippen molar-refractivity contribution >= 4 is 46.9 Å². The van der Waals surface area contributed by atoms with Crippen LogP contribution in [0.1, 0.15) is 67.3 Å². The Bertz CT molecular complexity index is 1970. The Labute approximate surface area is 302 Å². The number of aliphatic hydroxyl groups is 2. The van der Waals surface area contributed by atoms with Crippen LogP contribution in [-0.2, 0) is 4.79 Å². The van der Waals surface area contributed by atoms with Crippen molar-refractivity contribution in [2.24, 2.45) is 0 Å². The normalized spacial score (nSPS) is 22.3. The summed E-state index contributed by atoms with van der Waals surface area (Å²) in [4.78, 5) is 51.5. The number of amides is 2. The third-order valence-corrected chi connectivity index (χ3v) is 9.82. The van der Waals surface area contributed by atoms with E-state index in [1.807, 2.05) is 0 Å². The molecule has 2 aromatic carbocycles. The van der Waals surface area contributed by atoms with E-state index in [4.69, 9.17) is 0 Å². The number of imide groups is 1. The second-order valence-electron chi connectivity index (χ2n) is 12.8. The van der Waals surface area contributed by atoms with E-state index in [0.29, 0.717) is 40.4 Å². The van der Waals surface area contributed by atoms with E-state index in [1.54, 1.807) is 43.0 Å². The van der Waals surface area contributed by atoms with Gasteiger partial charge >= 0.3 is 0 Å². The molecule has 0 unspecified atom stereocenters. The number of carbonyl (C=O) groups is 3. The Morgan fingerprint density at radius 3 is 1.65 bits per heavy atom. The van der Waals surface area contributed by atoms with Gasteiger partial charge in [0.1, 0.15) is 23.3 Å². The third-order valence-electron chi connectivity index (χ3n) is 9.01. The van der Waals surface area contributed by atoms with Crippen molar-refractivity contribution in [2.75, 3.05) is 10.6 Å².